The van der Waals surface area contributed by atoms with E-state index in [2.05, 4.69) is 10.7 Å². The van der Waals surface area contributed by atoms with Crippen LogP contribution in [0.2, 0.25) is 0 Å². The molecule has 19 heavy (non-hydrogen) atoms. The summed E-state index contributed by atoms with van der Waals surface area (Å²) in [6, 6.07) is 5.67. The molecule has 0 aliphatic heterocycles. The van der Waals surface area contributed by atoms with Crippen molar-refractivity contribution < 1.29 is 15.3 Å². The summed E-state index contributed by atoms with van der Waals surface area (Å²) >= 11 is 0. The number of amides is 1. The highest BCUT2D eigenvalue weighted by molar-refractivity contribution is 5.91. The van der Waals surface area contributed by atoms with Gasteiger partial charge in [0.2, 0.25) is 0 Å². The van der Waals surface area contributed by atoms with Crippen LogP contribution < -0.4 is 10.5 Å². The lowest BCUT2D eigenvalue weighted by atomic mass is 10.1. The molecule has 102 valence electrons. The van der Waals surface area contributed by atoms with Crippen molar-refractivity contribution in [3.05, 3.63) is 30.0 Å². The van der Waals surface area contributed by atoms with Gasteiger partial charge < -0.3 is 20.4 Å². The van der Waals surface area contributed by atoms with Gasteiger partial charge in [0.25, 0.3) is 0 Å². The zero-order valence-electron chi connectivity index (χ0n) is 11.4. The van der Waals surface area contributed by atoms with Crippen molar-refractivity contribution in [2.75, 3.05) is 20.1 Å². The Morgan fingerprint density at radius 3 is 2.95 bits per heavy atom. The zero-order chi connectivity index (χ0) is 13.8. The van der Waals surface area contributed by atoms with Crippen molar-refractivity contribution >= 4 is 17.0 Å². The van der Waals surface area contributed by atoms with Gasteiger partial charge in [0, 0.05) is 37.1 Å². The molecule has 0 atom stereocenters. The number of hydrogen-bond acceptors (Lipinski definition) is 2. The normalized spacial score (nSPS) is 10.7. The number of rotatable bonds is 4. The van der Waals surface area contributed by atoms with E-state index >= 15 is 0 Å². The standard InChI is InChI=1S/C14H19N3O2/c1-3-17(2)14(18)19-12-6-4-5-11-13(12)10(7-8-15)9-16-11/h4-6,9,16H,3,7-8,15H2,1-2H3/p+1. The zero-order valence-corrected chi connectivity index (χ0v) is 11.4. The molecule has 5 heteroatoms. The molecular weight excluding hydrogens is 242 g/mol. The van der Waals surface area contributed by atoms with Gasteiger partial charge in [0.05, 0.1) is 6.54 Å². The summed E-state index contributed by atoms with van der Waals surface area (Å²) < 4.78 is 5.47. The number of H-pyrrole nitrogens is 1. The molecule has 0 unspecified atom stereocenters. The first-order valence-electron chi connectivity index (χ1n) is 6.48. The number of nitrogens with one attached hydrogen (secondary N) is 1. The Kier molecular flexibility index (Phi) is 4.06. The van der Waals surface area contributed by atoms with E-state index in [0.29, 0.717) is 12.3 Å². The average Bonchev–Trinajstić information content (AvgIpc) is 2.82. The summed E-state index contributed by atoms with van der Waals surface area (Å²) in [6.45, 7) is 3.34. The first-order valence-corrected chi connectivity index (χ1v) is 6.48. The van der Waals surface area contributed by atoms with Crippen LogP contribution in [0.3, 0.4) is 0 Å². The lowest BCUT2D eigenvalue weighted by molar-refractivity contribution is -0.366. The predicted octanol–water partition coefficient (Wildman–Crippen LogP) is 1.40. The third-order valence-electron chi connectivity index (χ3n) is 3.18. The summed E-state index contributed by atoms with van der Waals surface area (Å²) in [4.78, 5) is 16.6. The summed E-state index contributed by atoms with van der Waals surface area (Å²) in [7, 11) is 1.72. The van der Waals surface area contributed by atoms with Crippen molar-refractivity contribution in [3.63, 3.8) is 0 Å². The van der Waals surface area contributed by atoms with E-state index in [0.717, 1.165) is 29.4 Å². The second kappa shape index (κ2) is 5.75. The van der Waals surface area contributed by atoms with Gasteiger partial charge in [-0.3, -0.25) is 0 Å². The number of hydrogen-bond donors (Lipinski definition) is 2. The minimum Gasteiger partial charge on any atom is -0.409 e. The van der Waals surface area contributed by atoms with Crippen molar-refractivity contribution in [3.8, 4) is 5.75 Å². The summed E-state index contributed by atoms with van der Waals surface area (Å²) in [5.41, 5.74) is 5.98. The average molecular weight is 262 g/mol. The number of aromatic amines is 1. The van der Waals surface area contributed by atoms with Crippen LogP contribution in [0.5, 0.6) is 5.75 Å². The van der Waals surface area contributed by atoms with Crippen LogP contribution in [0.1, 0.15) is 12.5 Å². The molecular formula is C14H20N3O2+. The maximum absolute atomic E-state index is 11.9. The van der Waals surface area contributed by atoms with Crippen LogP contribution in [0.4, 0.5) is 4.79 Å². The molecule has 1 aromatic carbocycles. The number of aromatic nitrogens is 1. The molecule has 1 heterocycles. The van der Waals surface area contributed by atoms with E-state index < -0.39 is 0 Å². The van der Waals surface area contributed by atoms with Gasteiger partial charge in [-0.1, -0.05) is 6.07 Å². The molecule has 0 saturated heterocycles. The number of fused-ring (bicyclic) bond motifs is 1. The molecule has 1 amide bonds. The topological polar surface area (TPSA) is 73.0 Å². The largest absolute Gasteiger partial charge is 0.414 e. The van der Waals surface area contributed by atoms with Crippen molar-refractivity contribution in [1.82, 2.24) is 9.88 Å². The number of benzene rings is 1. The first kappa shape index (κ1) is 13.4. The Balaban J connectivity index is 2.36. The Bertz CT molecular complexity index is 577. The van der Waals surface area contributed by atoms with E-state index in [-0.39, 0.29) is 6.09 Å². The van der Waals surface area contributed by atoms with Crippen LogP contribution in [-0.2, 0) is 6.42 Å². The summed E-state index contributed by atoms with van der Waals surface area (Å²) in [6.07, 6.45) is 2.48. The SMILES string of the molecule is CCN(C)C(=O)Oc1cccc2[nH]cc(CC[NH3+])c12. The fourth-order valence-electron chi connectivity index (χ4n) is 1.99. The quantitative estimate of drug-likeness (QED) is 0.874. The summed E-state index contributed by atoms with van der Waals surface area (Å²) in [5, 5.41) is 0.976. The second-order valence-electron chi connectivity index (χ2n) is 4.48. The predicted molar refractivity (Wildman–Crippen MR) is 74.1 cm³/mol. The molecule has 0 aliphatic rings. The van der Waals surface area contributed by atoms with Crippen LogP contribution in [0.25, 0.3) is 10.9 Å². The fraction of sp³-hybridized carbons (Fsp3) is 0.357. The Hall–Kier alpha value is -2.01. The van der Waals surface area contributed by atoms with Gasteiger partial charge in [-0.15, -0.1) is 0 Å². The highest BCUT2D eigenvalue weighted by Gasteiger charge is 2.14. The van der Waals surface area contributed by atoms with Gasteiger partial charge in [-0.2, -0.15) is 0 Å². The third kappa shape index (κ3) is 2.71. The molecule has 5 nitrogen and oxygen atoms in total. The highest BCUT2D eigenvalue weighted by atomic mass is 16.6. The van der Waals surface area contributed by atoms with Crippen molar-refractivity contribution in [1.29, 1.82) is 0 Å². The molecule has 2 rings (SSSR count). The number of quaternary nitrogens is 1. The maximum Gasteiger partial charge on any atom is 0.414 e. The van der Waals surface area contributed by atoms with Gasteiger partial charge >= 0.3 is 6.09 Å². The Morgan fingerprint density at radius 1 is 1.47 bits per heavy atom. The number of ether oxygens (including phenoxy) is 1. The number of carbonyl (C=O) groups excluding carboxylic acids is 1. The molecule has 0 radical (unpaired) electrons. The fourth-order valence-corrected chi connectivity index (χ4v) is 1.99. The van der Waals surface area contributed by atoms with Gasteiger partial charge in [0.15, 0.2) is 0 Å². The van der Waals surface area contributed by atoms with E-state index in [1.807, 2.05) is 31.3 Å². The van der Waals surface area contributed by atoms with Crippen LogP contribution in [-0.4, -0.2) is 36.1 Å². The molecule has 1 aromatic heterocycles. The first-order chi connectivity index (χ1) is 9.17. The summed E-state index contributed by atoms with van der Waals surface area (Å²) in [5.74, 6) is 0.604. The maximum atomic E-state index is 11.9. The van der Waals surface area contributed by atoms with Gasteiger partial charge in [-0.25, -0.2) is 4.79 Å². The molecule has 0 saturated carbocycles. The van der Waals surface area contributed by atoms with E-state index in [9.17, 15) is 4.79 Å². The number of carbonyl (C=O) groups is 1. The molecule has 0 aliphatic carbocycles. The molecule has 0 fully saturated rings. The number of nitrogens with zero attached hydrogens (tertiary/aromatic N) is 1. The highest BCUT2D eigenvalue weighted by Crippen LogP contribution is 2.29. The van der Waals surface area contributed by atoms with E-state index in [4.69, 9.17) is 4.74 Å². The Morgan fingerprint density at radius 2 is 2.26 bits per heavy atom. The minimum absolute atomic E-state index is 0.336. The molecule has 0 spiro atoms. The van der Waals surface area contributed by atoms with Crippen molar-refractivity contribution in [2.24, 2.45) is 0 Å². The lowest BCUT2D eigenvalue weighted by Gasteiger charge is -2.15. The smallest absolute Gasteiger partial charge is 0.409 e. The lowest BCUT2D eigenvalue weighted by Crippen LogP contribution is -2.51. The minimum atomic E-state index is -0.336. The van der Waals surface area contributed by atoms with Crippen LogP contribution >= 0.6 is 0 Å². The van der Waals surface area contributed by atoms with Crippen molar-refractivity contribution in [2.45, 2.75) is 13.3 Å². The van der Waals surface area contributed by atoms with E-state index in [1.54, 1.807) is 7.05 Å². The van der Waals surface area contributed by atoms with E-state index in [1.165, 1.54) is 4.90 Å². The second-order valence-corrected chi connectivity index (χ2v) is 4.48. The third-order valence-corrected chi connectivity index (χ3v) is 3.18. The van der Waals surface area contributed by atoms with Crippen LogP contribution in [0, 0.1) is 0 Å². The monoisotopic (exact) mass is 262 g/mol. The van der Waals surface area contributed by atoms with Crippen LogP contribution in [0.15, 0.2) is 24.4 Å². The Labute approximate surface area is 112 Å². The van der Waals surface area contributed by atoms with Gasteiger partial charge in [-0.05, 0) is 24.6 Å². The van der Waals surface area contributed by atoms with Gasteiger partial charge in [0.1, 0.15) is 5.75 Å². The molecule has 2 aromatic rings. The molecule has 4 N–H and O–H groups in total. The molecule has 0 bridgehead atoms.